The van der Waals surface area contributed by atoms with E-state index in [-0.39, 0.29) is 29.8 Å². The Morgan fingerprint density at radius 3 is 2.48 bits per heavy atom. The van der Waals surface area contributed by atoms with E-state index in [9.17, 15) is 14.2 Å². The van der Waals surface area contributed by atoms with Crippen molar-refractivity contribution in [2.45, 2.75) is 33.8 Å². The molecule has 1 aliphatic rings. The molecule has 1 unspecified atom stereocenters. The van der Waals surface area contributed by atoms with Crippen molar-refractivity contribution >= 4 is 24.8 Å². The molecular formula is C26H31N2O11P. The molecule has 0 bridgehead atoms. The average Bonchev–Trinajstić information content (AvgIpc) is 3.52. The van der Waals surface area contributed by atoms with Crippen LogP contribution in [0.3, 0.4) is 0 Å². The Morgan fingerprint density at radius 1 is 1.07 bits per heavy atom. The number of hydrogen-bond donors (Lipinski definition) is 0. The van der Waals surface area contributed by atoms with Gasteiger partial charge in [-0.05, 0) is 65.6 Å². The number of fused-ring (bicyclic) bond motifs is 1. The van der Waals surface area contributed by atoms with E-state index in [0.29, 0.717) is 11.3 Å². The topological polar surface area (TPSA) is 141 Å². The third-order valence-electron chi connectivity index (χ3n) is 5.90. The van der Waals surface area contributed by atoms with Gasteiger partial charge in [0.15, 0.2) is 11.5 Å². The zero-order valence-corrected chi connectivity index (χ0v) is 23.8. The molecule has 0 spiro atoms. The molecule has 0 N–H and O–H groups in total. The van der Waals surface area contributed by atoms with Gasteiger partial charge < -0.3 is 27.9 Å². The molecule has 0 saturated carbocycles. The van der Waals surface area contributed by atoms with E-state index in [1.165, 1.54) is 11.5 Å². The summed E-state index contributed by atoms with van der Waals surface area (Å²) in [5.74, 6) is -0.268. The molecule has 1 atom stereocenters. The highest BCUT2D eigenvalue weighted by molar-refractivity contribution is 7.48. The standard InChI is InChI=1S/C26H31N2O11P/c1-16-7-8-22-21(11-16)20(9-10-27(5)6)12-28(22)25(29)32-15-35-40(31,33-13-23-17(2)36-19(4)38-23)34-14-24-18(3)37-26(30)39-24/h7-8,11-12H,4,9-10,13-15H2,1-3,5-6H3. The van der Waals surface area contributed by atoms with Gasteiger partial charge >= 0.3 is 19.7 Å². The Kier molecular flexibility index (Phi) is 9.02. The van der Waals surface area contributed by atoms with Gasteiger partial charge in [0.2, 0.25) is 6.79 Å². The van der Waals surface area contributed by atoms with Crippen LogP contribution >= 0.6 is 7.82 Å². The van der Waals surface area contributed by atoms with Crippen LogP contribution in [0.5, 0.6) is 0 Å². The van der Waals surface area contributed by atoms with Crippen LogP contribution in [0.2, 0.25) is 0 Å². The SMILES string of the molecule is C=C1OC(C)=C(COP(=O)(OCOC(=O)n2cc(CCN(C)C)c3cc(C)ccc32)OCc2oc(=O)oc2C)O1. The summed E-state index contributed by atoms with van der Waals surface area (Å²) in [6.45, 7) is 7.75. The highest BCUT2D eigenvalue weighted by atomic mass is 31.2. The smallest absolute Gasteiger partial charge is 0.428 e. The molecule has 2 aromatic heterocycles. The van der Waals surface area contributed by atoms with E-state index in [0.717, 1.165) is 29.5 Å². The maximum absolute atomic E-state index is 13.4. The fourth-order valence-electron chi connectivity index (χ4n) is 3.80. The number of allylic oxidation sites excluding steroid dienone is 1. The van der Waals surface area contributed by atoms with Crippen molar-refractivity contribution in [1.82, 2.24) is 9.47 Å². The van der Waals surface area contributed by atoms with Crippen molar-refractivity contribution in [2.75, 3.05) is 34.0 Å². The van der Waals surface area contributed by atoms with E-state index in [4.69, 9.17) is 36.6 Å². The lowest BCUT2D eigenvalue weighted by Gasteiger charge is -2.17. The van der Waals surface area contributed by atoms with Gasteiger partial charge in [0.05, 0.1) is 5.52 Å². The number of ether oxygens (including phenoxy) is 3. The molecule has 0 saturated heterocycles. The molecule has 1 aliphatic heterocycles. The second-order valence-corrected chi connectivity index (χ2v) is 10.9. The van der Waals surface area contributed by atoms with Crippen LogP contribution < -0.4 is 5.82 Å². The number of hydrogen-bond acceptors (Lipinski definition) is 12. The number of benzene rings is 1. The van der Waals surface area contributed by atoms with Gasteiger partial charge in [-0.1, -0.05) is 11.6 Å². The minimum absolute atomic E-state index is 0.0157. The molecule has 3 aromatic rings. The summed E-state index contributed by atoms with van der Waals surface area (Å²) in [7, 11) is -0.464. The largest absolute Gasteiger partial charge is 0.519 e. The summed E-state index contributed by atoms with van der Waals surface area (Å²) in [4.78, 5) is 26.4. The summed E-state index contributed by atoms with van der Waals surface area (Å²) in [6.07, 6.45) is 1.68. The molecule has 0 amide bonds. The molecule has 0 radical (unpaired) electrons. The van der Waals surface area contributed by atoms with Crippen LogP contribution in [-0.2, 0) is 45.4 Å². The number of carbonyl (C=O) groups excluding carboxylic acids is 1. The quantitative estimate of drug-likeness (QED) is 0.212. The summed E-state index contributed by atoms with van der Waals surface area (Å²) in [6, 6.07) is 5.73. The van der Waals surface area contributed by atoms with Crippen LogP contribution in [0.15, 0.2) is 62.1 Å². The lowest BCUT2D eigenvalue weighted by molar-refractivity contribution is 0.0180. The number of rotatable bonds is 12. The van der Waals surface area contributed by atoms with Gasteiger partial charge in [-0.15, -0.1) is 0 Å². The van der Waals surface area contributed by atoms with Crippen molar-refractivity contribution in [3.63, 3.8) is 0 Å². The molecule has 0 aliphatic carbocycles. The number of nitrogens with zero attached hydrogens (tertiary/aromatic N) is 2. The lowest BCUT2D eigenvalue weighted by atomic mass is 10.1. The highest BCUT2D eigenvalue weighted by Crippen LogP contribution is 2.51. The Morgan fingerprint density at radius 2 is 1.82 bits per heavy atom. The summed E-state index contributed by atoms with van der Waals surface area (Å²) in [5.41, 5.74) is 2.69. The zero-order valence-electron chi connectivity index (χ0n) is 22.9. The molecule has 4 rings (SSSR count). The third-order valence-corrected chi connectivity index (χ3v) is 7.21. The number of likely N-dealkylation sites (N-methyl/N-ethyl adjacent to an activating group) is 1. The minimum Gasteiger partial charge on any atom is -0.428 e. The number of carbonyl (C=O) groups is 1. The van der Waals surface area contributed by atoms with E-state index >= 15 is 0 Å². The van der Waals surface area contributed by atoms with Gasteiger partial charge in [-0.3, -0.25) is 13.6 Å². The Labute approximate surface area is 230 Å². The number of aromatic nitrogens is 1. The Bertz CT molecular complexity index is 1550. The van der Waals surface area contributed by atoms with Crippen molar-refractivity contribution in [3.05, 3.63) is 81.7 Å². The number of aryl methyl sites for hydroxylation is 2. The maximum atomic E-state index is 13.4. The number of phosphoric acid groups is 1. The van der Waals surface area contributed by atoms with Crippen molar-refractivity contribution < 1.29 is 46.0 Å². The predicted octanol–water partition coefficient (Wildman–Crippen LogP) is 4.96. The predicted molar refractivity (Wildman–Crippen MR) is 141 cm³/mol. The van der Waals surface area contributed by atoms with Crippen LogP contribution in [0.1, 0.15) is 29.6 Å². The van der Waals surface area contributed by atoms with E-state index < -0.39 is 33.1 Å². The van der Waals surface area contributed by atoms with E-state index in [1.807, 2.05) is 39.2 Å². The molecule has 0 fully saturated rings. The van der Waals surface area contributed by atoms with Gasteiger partial charge in [0.25, 0.3) is 5.95 Å². The molecular weight excluding hydrogens is 547 g/mol. The van der Waals surface area contributed by atoms with Crippen molar-refractivity contribution in [1.29, 1.82) is 0 Å². The molecule has 14 heteroatoms. The summed E-state index contributed by atoms with van der Waals surface area (Å²) < 4.78 is 56.2. The van der Waals surface area contributed by atoms with Crippen LogP contribution in [0.4, 0.5) is 4.79 Å². The van der Waals surface area contributed by atoms with Crippen molar-refractivity contribution in [3.8, 4) is 0 Å². The normalized spacial score (nSPS) is 15.0. The minimum atomic E-state index is -4.41. The van der Waals surface area contributed by atoms with Gasteiger partial charge in [-0.25, -0.2) is 18.7 Å². The Balaban J connectivity index is 1.46. The second-order valence-electron chi connectivity index (χ2n) is 9.24. The zero-order chi connectivity index (χ0) is 29.0. The van der Waals surface area contributed by atoms with Crippen LogP contribution in [0, 0.1) is 13.8 Å². The van der Waals surface area contributed by atoms with Gasteiger partial charge in [0.1, 0.15) is 24.7 Å². The maximum Gasteiger partial charge on any atom is 0.519 e. The van der Waals surface area contributed by atoms with E-state index in [1.54, 1.807) is 13.1 Å². The number of phosphoric ester groups is 1. The fraction of sp³-hybridized carbons (Fsp3) is 0.385. The summed E-state index contributed by atoms with van der Waals surface area (Å²) >= 11 is 0. The van der Waals surface area contributed by atoms with Crippen molar-refractivity contribution in [2.24, 2.45) is 0 Å². The average molecular weight is 579 g/mol. The van der Waals surface area contributed by atoms with Gasteiger partial charge in [-0.2, -0.15) is 0 Å². The first kappa shape index (κ1) is 29.4. The molecule has 1 aromatic carbocycles. The molecule has 3 heterocycles. The summed E-state index contributed by atoms with van der Waals surface area (Å²) in [5, 5.41) is 0.929. The fourth-order valence-corrected chi connectivity index (χ4v) is 4.76. The Hall–Kier alpha value is -3.61. The monoisotopic (exact) mass is 578 g/mol. The van der Waals surface area contributed by atoms with Crippen LogP contribution in [0.25, 0.3) is 10.9 Å². The first-order valence-electron chi connectivity index (χ1n) is 12.2. The molecule has 13 nitrogen and oxygen atoms in total. The second kappa shape index (κ2) is 12.3. The first-order chi connectivity index (χ1) is 18.9. The first-order valence-corrected chi connectivity index (χ1v) is 13.7. The molecule has 216 valence electrons. The van der Waals surface area contributed by atoms with E-state index in [2.05, 4.69) is 11.5 Å². The molecule has 40 heavy (non-hydrogen) atoms. The highest BCUT2D eigenvalue weighted by Gasteiger charge is 2.32. The van der Waals surface area contributed by atoms with Crippen LogP contribution in [-0.4, -0.2) is 49.6 Å². The third kappa shape index (κ3) is 7.12. The van der Waals surface area contributed by atoms with Gasteiger partial charge in [0, 0.05) is 18.1 Å². The lowest BCUT2D eigenvalue weighted by Crippen LogP contribution is -2.16.